The Balaban J connectivity index is 1.22. The van der Waals surface area contributed by atoms with Gasteiger partial charge < -0.3 is 9.64 Å². The van der Waals surface area contributed by atoms with Gasteiger partial charge in [-0.1, -0.05) is 42.5 Å². The lowest BCUT2D eigenvalue weighted by atomic mass is 10.1. The van der Waals surface area contributed by atoms with Crippen molar-refractivity contribution >= 4 is 11.3 Å². The zero-order chi connectivity index (χ0) is 19.2. The standard InChI is InChI=1S/C23H27N3OS/c1-27-22-9-7-19(8-10-22)11-12-25-13-15-26(16-14-25)17-21-18-28-23(24-21)20-5-3-2-4-6-20/h2-10,18H,11-17H2,1H3. The molecule has 0 aliphatic carbocycles. The molecule has 1 fully saturated rings. The molecule has 5 heteroatoms. The van der Waals surface area contributed by atoms with Crippen LogP contribution in [0, 0.1) is 0 Å². The zero-order valence-electron chi connectivity index (χ0n) is 16.4. The largest absolute Gasteiger partial charge is 0.497 e. The lowest BCUT2D eigenvalue weighted by molar-refractivity contribution is 0.127. The van der Waals surface area contributed by atoms with Crippen LogP contribution in [0.2, 0.25) is 0 Å². The van der Waals surface area contributed by atoms with Crippen molar-refractivity contribution in [2.45, 2.75) is 13.0 Å². The van der Waals surface area contributed by atoms with Crippen LogP contribution in [0.3, 0.4) is 0 Å². The second-order valence-corrected chi connectivity index (χ2v) is 8.08. The van der Waals surface area contributed by atoms with E-state index in [9.17, 15) is 0 Å². The zero-order valence-corrected chi connectivity index (χ0v) is 17.2. The minimum atomic E-state index is 0.926. The molecule has 0 amide bonds. The van der Waals surface area contributed by atoms with Crippen LogP contribution in [-0.2, 0) is 13.0 Å². The van der Waals surface area contributed by atoms with Crippen LogP contribution >= 0.6 is 11.3 Å². The van der Waals surface area contributed by atoms with Gasteiger partial charge in [-0.3, -0.25) is 4.90 Å². The number of piperazine rings is 1. The maximum Gasteiger partial charge on any atom is 0.123 e. The van der Waals surface area contributed by atoms with E-state index in [1.165, 1.54) is 16.8 Å². The molecule has 4 rings (SSSR count). The van der Waals surface area contributed by atoms with Gasteiger partial charge in [0.05, 0.1) is 12.8 Å². The molecular weight excluding hydrogens is 366 g/mol. The van der Waals surface area contributed by atoms with Crippen molar-refractivity contribution in [1.82, 2.24) is 14.8 Å². The van der Waals surface area contributed by atoms with Gasteiger partial charge in [0.2, 0.25) is 0 Å². The fourth-order valence-corrected chi connectivity index (χ4v) is 4.39. The van der Waals surface area contributed by atoms with Gasteiger partial charge in [-0.15, -0.1) is 11.3 Å². The van der Waals surface area contributed by atoms with Gasteiger partial charge in [-0.25, -0.2) is 4.98 Å². The monoisotopic (exact) mass is 393 g/mol. The first-order chi connectivity index (χ1) is 13.8. The normalized spacial score (nSPS) is 15.6. The van der Waals surface area contributed by atoms with E-state index in [0.29, 0.717) is 0 Å². The third-order valence-electron chi connectivity index (χ3n) is 5.30. The molecule has 28 heavy (non-hydrogen) atoms. The third-order valence-corrected chi connectivity index (χ3v) is 6.24. The fraction of sp³-hybridized carbons (Fsp3) is 0.348. The smallest absolute Gasteiger partial charge is 0.123 e. The van der Waals surface area contributed by atoms with E-state index >= 15 is 0 Å². The average Bonchev–Trinajstić information content (AvgIpc) is 3.23. The van der Waals surface area contributed by atoms with Gasteiger partial charge in [0, 0.05) is 50.2 Å². The number of nitrogens with zero attached hydrogens (tertiary/aromatic N) is 3. The molecule has 0 spiro atoms. The second-order valence-electron chi connectivity index (χ2n) is 7.23. The Kier molecular flexibility index (Phi) is 6.37. The summed E-state index contributed by atoms with van der Waals surface area (Å²) in [5.74, 6) is 0.926. The highest BCUT2D eigenvalue weighted by Gasteiger charge is 2.18. The molecule has 1 aliphatic rings. The summed E-state index contributed by atoms with van der Waals surface area (Å²) in [4.78, 5) is 9.92. The van der Waals surface area contributed by atoms with Crippen LogP contribution in [0.4, 0.5) is 0 Å². The molecule has 0 saturated carbocycles. The summed E-state index contributed by atoms with van der Waals surface area (Å²) < 4.78 is 5.23. The number of hydrogen-bond acceptors (Lipinski definition) is 5. The molecule has 0 atom stereocenters. The maximum absolute atomic E-state index is 5.23. The lowest BCUT2D eigenvalue weighted by Gasteiger charge is -2.34. The predicted molar refractivity (Wildman–Crippen MR) is 116 cm³/mol. The summed E-state index contributed by atoms with van der Waals surface area (Å²) in [6.07, 6.45) is 1.09. The Morgan fingerprint density at radius 1 is 0.929 bits per heavy atom. The minimum Gasteiger partial charge on any atom is -0.497 e. The summed E-state index contributed by atoms with van der Waals surface area (Å²) in [6, 6.07) is 18.9. The molecule has 4 nitrogen and oxygen atoms in total. The molecule has 0 unspecified atom stereocenters. The average molecular weight is 394 g/mol. The molecule has 1 saturated heterocycles. The first kappa shape index (κ1) is 19.1. The highest BCUT2D eigenvalue weighted by Crippen LogP contribution is 2.24. The predicted octanol–water partition coefficient (Wildman–Crippen LogP) is 4.18. The molecular formula is C23H27N3OS. The van der Waals surface area contributed by atoms with Gasteiger partial charge in [0.1, 0.15) is 10.8 Å². The molecule has 0 bridgehead atoms. The Hall–Kier alpha value is -2.21. The Labute approximate surface area is 171 Å². The summed E-state index contributed by atoms with van der Waals surface area (Å²) in [6.45, 7) is 6.56. The maximum atomic E-state index is 5.23. The molecule has 1 aromatic heterocycles. The van der Waals surface area contributed by atoms with Gasteiger partial charge in [-0.05, 0) is 24.1 Å². The van der Waals surface area contributed by atoms with E-state index in [0.717, 1.165) is 56.4 Å². The van der Waals surface area contributed by atoms with Crippen LogP contribution < -0.4 is 4.74 Å². The van der Waals surface area contributed by atoms with E-state index in [-0.39, 0.29) is 0 Å². The molecule has 0 N–H and O–H groups in total. The Morgan fingerprint density at radius 3 is 2.36 bits per heavy atom. The van der Waals surface area contributed by atoms with Crippen LogP contribution in [0.25, 0.3) is 10.6 Å². The number of benzene rings is 2. The first-order valence-corrected chi connectivity index (χ1v) is 10.8. The lowest BCUT2D eigenvalue weighted by Crippen LogP contribution is -2.46. The number of ether oxygens (including phenoxy) is 1. The second kappa shape index (κ2) is 9.32. The van der Waals surface area contributed by atoms with Crippen LogP contribution in [-0.4, -0.2) is 54.6 Å². The van der Waals surface area contributed by atoms with Crippen LogP contribution in [0.5, 0.6) is 5.75 Å². The number of thiazole rings is 1. The van der Waals surface area contributed by atoms with Crippen molar-refractivity contribution in [3.05, 3.63) is 71.2 Å². The molecule has 3 aromatic rings. The van der Waals surface area contributed by atoms with Gasteiger partial charge in [-0.2, -0.15) is 0 Å². The minimum absolute atomic E-state index is 0.926. The first-order valence-electron chi connectivity index (χ1n) is 9.87. The summed E-state index contributed by atoms with van der Waals surface area (Å²) in [7, 11) is 1.71. The van der Waals surface area contributed by atoms with Crippen LogP contribution in [0.1, 0.15) is 11.3 Å². The van der Waals surface area contributed by atoms with Crippen molar-refractivity contribution in [3.8, 4) is 16.3 Å². The molecule has 0 radical (unpaired) electrons. The molecule has 2 aromatic carbocycles. The van der Waals surface area contributed by atoms with Crippen molar-refractivity contribution < 1.29 is 4.74 Å². The van der Waals surface area contributed by atoms with Gasteiger partial charge in [0.15, 0.2) is 0 Å². The van der Waals surface area contributed by atoms with E-state index in [4.69, 9.17) is 9.72 Å². The topological polar surface area (TPSA) is 28.6 Å². The number of hydrogen-bond donors (Lipinski definition) is 0. The van der Waals surface area contributed by atoms with E-state index in [2.05, 4.69) is 51.6 Å². The number of rotatable bonds is 7. The van der Waals surface area contributed by atoms with Gasteiger partial charge in [0.25, 0.3) is 0 Å². The van der Waals surface area contributed by atoms with E-state index < -0.39 is 0 Å². The Morgan fingerprint density at radius 2 is 1.64 bits per heavy atom. The van der Waals surface area contributed by atoms with Gasteiger partial charge >= 0.3 is 0 Å². The van der Waals surface area contributed by atoms with Crippen molar-refractivity contribution in [2.75, 3.05) is 39.8 Å². The van der Waals surface area contributed by atoms with Crippen molar-refractivity contribution in [1.29, 1.82) is 0 Å². The highest BCUT2D eigenvalue weighted by molar-refractivity contribution is 7.13. The van der Waals surface area contributed by atoms with Crippen molar-refractivity contribution in [2.24, 2.45) is 0 Å². The number of methoxy groups -OCH3 is 1. The summed E-state index contributed by atoms with van der Waals surface area (Å²) in [5, 5.41) is 3.33. The Bertz CT molecular complexity index is 855. The molecule has 146 valence electrons. The fourth-order valence-electron chi connectivity index (χ4n) is 3.57. The number of aromatic nitrogens is 1. The summed E-state index contributed by atoms with van der Waals surface area (Å²) >= 11 is 1.74. The third kappa shape index (κ3) is 4.98. The SMILES string of the molecule is COc1ccc(CCN2CCN(Cc3csc(-c4ccccc4)n3)CC2)cc1. The van der Waals surface area contributed by atoms with E-state index in [1.807, 2.05) is 18.2 Å². The molecule has 2 heterocycles. The highest BCUT2D eigenvalue weighted by atomic mass is 32.1. The van der Waals surface area contributed by atoms with Crippen LogP contribution in [0.15, 0.2) is 60.0 Å². The van der Waals surface area contributed by atoms with Crippen molar-refractivity contribution in [3.63, 3.8) is 0 Å². The van der Waals surface area contributed by atoms with E-state index in [1.54, 1.807) is 18.4 Å². The molecule has 1 aliphatic heterocycles. The summed E-state index contributed by atoms with van der Waals surface area (Å²) in [5.41, 5.74) is 3.77. The quantitative estimate of drug-likeness (QED) is 0.602.